The van der Waals surface area contributed by atoms with E-state index in [1.54, 1.807) is 0 Å². The summed E-state index contributed by atoms with van der Waals surface area (Å²) in [5.74, 6) is 0. The summed E-state index contributed by atoms with van der Waals surface area (Å²) in [6.07, 6.45) is 0. The molecule has 280 valence electrons. The first-order valence-corrected chi connectivity index (χ1v) is 20.8. The third kappa shape index (κ3) is 5.19. The van der Waals surface area contributed by atoms with Gasteiger partial charge in [-0.1, -0.05) is 188 Å². The van der Waals surface area contributed by atoms with E-state index in [1.807, 2.05) is 0 Å². The number of fused-ring (bicyclic) bond motifs is 11. The van der Waals surface area contributed by atoms with Gasteiger partial charge in [-0.05, 0) is 137 Å². The fourth-order valence-corrected chi connectivity index (χ4v) is 10.2. The monoisotopic (exact) mass is 761 g/mol. The van der Waals surface area contributed by atoms with E-state index < -0.39 is 5.41 Å². The maximum absolute atomic E-state index is 2.52. The van der Waals surface area contributed by atoms with Gasteiger partial charge < -0.3 is 4.90 Å². The molecule has 0 unspecified atom stereocenters. The van der Waals surface area contributed by atoms with Crippen LogP contribution in [0.5, 0.6) is 0 Å². The number of hydrogen-bond donors (Lipinski definition) is 0. The first-order valence-electron chi connectivity index (χ1n) is 20.8. The van der Waals surface area contributed by atoms with Crippen molar-refractivity contribution in [3.63, 3.8) is 0 Å². The van der Waals surface area contributed by atoms with Crippen molar-refractivity contribution in [2.75, 3.05) is 4.90 Å². The Morgan fingerprint density at radius 1 is 0.250 bits per heavy atom. The van der Waals surface area contributed by atoms with E-state index in [4.69, 9.17) is 0 Å². The molecule has 2 aliphatic carbocycles. The Bertz CT molecular complexity index is 3090. The molecule has 0 saturated carbocycles. The van der Waals surface area contributed by atoms with E-state index in [1.165, 1.54) is 88.7 Å². The van der Waals surface area contributed by atoms with Gasteiger partial charge >= 0.3 is 0 Å². The predicted octanol–water partition coefficient (Wildman–Crippen LogP) is 15.7. The summed E-state index contributed by atoms with van der Waals surface area (Å²) in [6, 6.07) is 87.4. The highest BCUT2D eigenvalue weighted by Gasteiger charge is 2.52. The standard InChI is InChI=1S/C59H39N/c1-4-16-40(17-5-1)42-28-32-47(33-29-42)60(48-34-30-43(31-35-48)41-18-6-2-7-19-41)49-38-52(44-20-8-3-9-21-44)58-53-36-45-22-10-11-23-46(45)37-56(53)59(57(58)39-49)54-26-14-12-24-50(54)51-25-13-15-27-55(51)59/h1-39H. The summed E-state index contributed by atoms with van der Waals surface area (Å²) >= 11 is 0. The lowest BCUT2D eigenvalue weighted by molar-refractivity contribution is 0.795. The first-order chi connectivity index (χ1) is 29.8. The minimum absolute atomic E-state index is 0.526. The van der Waals surface area contributed by atoms with Gasteiger partial charge in [-0.2, -0.15) is 0 Å². The van der Waals surface area contributed by atoms with Crippen LogP contribution in [0.4, 0.5) is 17.1 Å². The third-order valence-electron chi connectivity index (χ3n) is 12.8. The van der Waals surface area contributed by atoms with Crippen molar-refractivity contribution in [3.8, 4) is 55.6 Å². The molecule has 10 aromatic carbocycles. The SMILES string of the molecule is c1ccc(-c2ccc(N(c3ccc(-c4ccccc4)cc3)c3cc(-c4ccccc4)c4c(c3)C3(c5ccccc5-c5ccccc53)c3cc5ccccc5cc3-4)cc2)cc1. The van der Waals surface area contributed by atoms with Crippen LogP contribution in [0.15, 0.2) is 237 Å². The molecule has 0 heterocycles. The van der Waals surface area contributed by atoms with Crippen molar-refractivity contribution >= 4 is 27.8 Å². The van der Waals surface area contributed by atoms with Crippen molar-refractivity contribution < 1.29 is 0 Å². The van der Waals surface area contributed by atoms with E-state index in [0.29, 0.717) is 0 Å². The van der Waals surface area contributed by atoms with Gasteiger partial charge in [0, 0.05) is 17.1 Å². The number of hydrogen-bond acceptors (Lipinski definition) is 1. The molecule has 0 bridgehead atoms. The fourth-order valence-electron chi connectivity index (χ4n) is 10.2. The molecule has 0 fully saturated rings. The van der Waals surface area contributed by atoms with Gasteiger partial charge in [0.05, 0.1) is 5.41 Å². The van der Waals surface area contributed by atoms with E-state index in [-0.39, 0.29) is 0 Å². The Kier molecular flexibility index (Phi) is 7.83. The quantitative estimate of drug-likeness (QED) is 0.163. The molecule has 12 rings (SSSR count). The van der Waals surface area contributed by atoms with Crippen molar-refractivity contribution in [1.82, 2.24) is 0 Å². The molecule has 1 heteroatoms. The average Bonchev–Trinajstić information content (AvgIpc) is 3.79. The Labute approximate surface area is 351 Å². The van der Waals surface area contributed by atoms with Crippen molar-refractivity contribution in [2.24, 2.45) is 0 Å². The normalized spacial score (nSPS) is 12.8. The molecule has 0 aromatic heterocycles. The van der Waals surface area contributed by atoms with Gasteiger partial charge in [-0.3, -0.25) is 0 Å². The Morgan fingerprint density at radius 2 is 0.683 bits per heavy atom. The number of anilines is 3. The third-order valence-corrected chi connectivity index (χ3v) is 12.8. The fraction of sp³-hybridized carbons (Fsp3) is 0.0169. The van der Waals surface area contributed by atoms with E-state index in [9.17, 15) is 0 Å². The Balaban J connectivity index is 1.17. The maximum Gasteiger partial charge on any atom is 0.0726 e. The summed E-state index contributed by atoms with van der Waals surface area (Å²) in [4.78, 5) is 2.45. The molecule has 10 aromatic rings. The summed E-state index contributed by atoms with van der Waals surface area (Å²) in [6.45, 7) is 0. The Hall–Kier alpha value is -7.74. The minimum atomic E-state index is -0.526. The van der Waals surface area contributed by atoms with Crippen LogP contribution in [0, 0.1) is 0 Å². The molecule has 1 spiro atoms. The lowest BCUT2D eigenvalue weighted by Crippen LogP contribution is -2.26. The topological polar surface area (TPSA) is 3.24 Å². The predicted molar refractivity (Wildman–Crippen MR) is 251 cm³/mol. The zero-order chi connectivity index (χ0) is 39.6. The second kappa shape index (κ2) is 13.7. The molecule has 2 aliphatic rings. The maximum atomic E-state index is 2.52. The largest absolute Gasteiger partial charge is 0.310 e. The van der Waals surface area contributed by atoms with Crippen molar-refractivity contribution in [1.29, 1.82) is 0 Å². The summed E-state index contributed by atoms with van der Waals surface area (Å²) in [5.41, 5.74) is 20.5. The average molecular weight is 762 g/mol. The van der Waals surface area contributed by atoms with Crippen molar-refractivity contribution in [3.05, 3.63) is 259 Å². The Morgan fingerprint density at radius 3 is 1.22 bits per heavy atom. The van der Waals surface area contributed by atoms with Crippen LogP contribution >= 0.6 is 0 Å². The second-order valence-corrected chi connectivity index (χ2v) is 16.0. The smallest absolute Gasteiger partial charge is 0.0726 e. The molecular weight excluding hydrogens is 723 g/mol. The molecule has 0 amide bonds. The highest BCUT2D eigenvalue weighted by atomic mass is 15.1. The van der Waals surface area contributed by atoms with Gasteiger partial charge in [0.2, 0.25) is 0 Å². The molecular formula is C59H39N. The number of benzene rings is 10. The van der Waals surface area contributed by atoms with E-state index in [0.717, 1.165) is 17.1 Å². The van der Waals surface area contributed by atoms with Crippen LogP contribution in [0.1, 0.15) is 22.3 Å². The molecule has 0 N–H and O–H groups in total. The van der Waals surface area contributed by atoms with Crippen LogP contribution < -0.4 is 4.90 Å². The van der Waals surface area contributed by atoms with Crippen LogP contribution in [0.2, 0.25) is 0 Å². The lowest BCUT2D eigenvalue weighted by atomic mass is 9.70. The second-order valence-electron chi connectivity index (χ2n) is 16.0. The molecule has 0 atom stereocenters. The van der Waals surface area contributed by atoms with E-state index in [2.05, 4.69) is 241 Å². The minimum Gasteiger partial charge on any atom is -0.310 e. The molecule has 60 heavy (non-hydrogen) atoms. The summed E-state index contributed by atoms with van der Waals surface area (Å²) < 4.78 is 0. The lowest BCUT2D eigenvalue weighted by Gasteiger charge is -2.33. The number of nitrogens with zero attached hydrogens (tertiary/aromatic N) is 1. The van der Waals surface area contributed by atoms with Crippen molar-refractivity contribution in [2.45, 2.75) is 5.41 Å². The number of rotatable bonds is 6. The zero-order valence-corrected chi connectivity index (χ0v) is 33.0. The molecule has 0 radical (unpaired) electrons. The van der Waals surface area contributed by atoms with Gasteiger partial charge in [0.1, 0.15) is 0 Å². The van der Waals surface area contributed by atoms with Gasteiger partial charge in [-0.15, -0.1) is 0 Å². The highest BCUT2D eigenvalue weighted by molar-refractivity contribution is 6.05. The molecule has 0 aliphatic heterocycles. The summed E-state index contributed by atoms with van der Waals surface area (Å²) in [7, 11) is 0. The van der Waals surface area contributed by atoms with Crippen LogP contribution in [-0.2, 0) is 5.41 Å². The zero-order valence-electron chi connectivity index (χ0n) is 33.0. The summed E-state index contributed by atoms with van der Waals surface area (Å²) in [5, 5.41) is 2.51. The molecule has 1 nitrogen and oxygen atoms in total. The van der Waals surface area contributed by atoms with Crippen LogP contribution in [-0.4, -0.2) is 0 Å². The van der Waals surface area contributed by atoms with E-state index >= 15 is 0 Å². The van der Waals surface area contributed by atoms with Gasteiger partial charge in [0.15, 0.2) is 0 Å². The van der Waals surface area contributed by atoms with Gasteiger partial charge in [0.25, 0.3) is 0 Å². The van der Waals surface area contributed by atoms with Gasteiger partial charge in [-0.25, -0.2) is 0 Å². The molecule has 0 saturated heterocycles. The highest BCUT2D eigenvalue weighted by Crippen LogP contribution is 2.65. The van der Waals surface area contributed by atoms with Crippen LogP contribution in [0.25, 0.3) is 66.4 Å². The van der Waals surface area contributed by atoms with Crippen LogP contribution in [0.3, 0.4) is 0 Å². The first kappa shape index (κ1) is 34.3.